The lowest BCUT2D eigenvalue weighted by Gasteiger charge is -2.11. The Labute approximate surface area is 144 Å². The average molecular weight is 404 g/mol. The van der Waals surface area contributed by atoms with Crippen molar-refractivity contribution in [2.75, 3.05) is 26.3 Å². The SMILES string of the molecule is CCNC(=NCc1ccccn1)NCCOCC1CC1.I. The molecular weight excluding hydrogens is 379 g/mol. The van der Waals surface area contributed by atoms with Gasteiger partial charge in [0, 0.05) is 25.9 Å². The molecule has 0 aliphatic heterocycles. The molecule has 1 aliphatic rings. The highest BCUT2D eigenvalue weighted by molar-refractivity contribution is 14.0. The van der Waals surface area contributed by atoms with Gasteiger partial charge in [-0.15, -0.1) is 24.0 Å². The number of ether oxygens (including phenoxy) is 1. The van der Waals surface area contributed by atoms with E-state index in [0.29, 0.717) is 6.54 Å². The van der Waals surface area contributed by atoms with Crippen LogP contribution in [0.3, 0.4) is 0 Å². The quantitative estimate of drug-likeness (QED) is 0.302. The van der Waals surface area contributed by atoms with E-state index >= 15 is 0 Å². The topological polar surface area (TPSA) is 58.5 Å². The van der Waals surface area contributed by atoms with Crippen LogP contribution in [0.5, 0.6) is 0 Å². The minimum Gasteiger partial charge on any atom is -0.379 e. The van der Waals surface area contributed by atoms with E-state index in [4.69, 9.17) is 4.74 Å². The van der Waals surface area contributed by atoms with Gasteiger partial charge in [-0.1, -0.05) is 6.07 Å². The summed E-state index contributed by atoms with van der Waals surface area (Å²) >= 11 is 0. The summed E-state index contributed by atoms with van der Waals surface area (Å²) in [5, 5.41) is 6.49. The number of nitrogens with one attached hydrogen (secondary N) is 2. The van der Waals surface area contributed by atoms with E-state index in [-0.39, 0.29) is 24.0 Å². The van der Waals surface area contributed by atoms with E-state index in [0.717, 1.165) is 43.9 Å². The number of hydrogen-bond donors (Lipinski definition) is 2. The fourth-order valence-electron chi connectivity index (χ4n) is 1.77. The first-order chi connectivity index (χ1) is 9.88. The molecule has 2 rings (SSSR count). The summed E-state index contributed by atoms with van der Waals surface area (Å²) < 4.78 is 5.59. The maximum Gasteiger partial charge on any atom is 0.191 e. The fourth-order valence-corrected chi connectivity index (χ4v) is 1.77. The summed E-state index contributed by atoms with van der Waals surface area (Å²) in [6.07, 6.45) is 4.46. The normalized spacial score (nSPS) is 14.4. The second kappa shape index (κ2) is 10.8. The van der Waals surface area contributed by atoms with Gasteiger partial charge in [0.2, 0.25) is 0 Å². The van der Waals surface area contributed by atoms with Crippen molar-refractivity contribution in [3.8, 4) is 0 Å². The van der Waals surface area contributed by atoms with E-state index < -0.39 is 0 Å². The zero-order valence-electron chi connectivity index (χ0n) is 12.5. The number of aliphatic imine (C=N–C) groups is 1. The summed E-state index contributed by atoms with van der Waals surface area (Å²) in [6, 6.07) is 5.86. The molecule has 1 aromatic rings. The van der Waals surface area contributed by atoms with Crippen LogP contribution >= 0.6 is 24.0 Å². The van der Waals surface area contributed by atoms with Gasteiger partial charge in [0.05, 0.1) is 18.8 Å². The van der Waals surface area contributed by atoms with Gasteiger partial charge in [-0.3, -0.25) is 4.98 Å². The van der Waals surface area contributed by atoms with Crippen molar-refractivity contribution < 1.29 is 4.74 Å². The lowest BCUT2D eigenvalue weighted by molar-refractivity contribution is 0.129. The maximum absolute atomic E-state index is 5.59. The molecule has 0 aromatic carbocycles. The minimum absolute atomic E-state index is 0. The first-order valence-electron chi connectivity index (χ1n) is 7.38. The van der Waals surface area contributed by atoms with Crippen molar-refractivity contribution in [1.29, 1.82) is 0 Å². The van der Waals surface area contributed by atoms with Crippen molar-refractivity contribution in [3.63, 3.8) is 0 Å². The number of rotatable bonds is 8. The molecule has 1 saturated carbocycles. The van der Waals surface area contributed by atoms with Crippen LogP contribution in [-0.4, -0.2) is 37.2 Å². The molecule has 118 valence electrons. The molecule has 0 unspecified atom stereocenters. The van der Waals surface area contributed by atoms with Gasteiger partial charge in [-0.2, -0.15) is 0 Å². The van der Waals surface area contributed by atoms with Gasteiger partial charge in [-0.05, 0) is 37.8 Å². The zero-order valence-corrected chi connectivity index (χ0v) is 14.9. The lowest BCUT2D eigenvalue weighted by Crippen LogP contribution is -2.39. The maximum atomic E-state index is 5.59. The summed E-state index contributed by atoms with van der Waals surface area (Å²) in [5.74, 6) is 1.63. The van der Waals surface area contributed by atoms with Crippen LogP contribution in [0, 0.1) is 5.92 Å². The van der Waals surface area contributed by atoms with Crippen molar-refractivity contribution in [2.45, 2.75) is 26.3 Å². The summed E-state index contributed by atoms with van der Waals surface area (Å²) in [5.41, 5.74) is 0.967. The average Bonchev–Trinajstić information content (AvgIpc) is 3.29. The van der Waals surface area contributed by atoms with Gasteiger partial charge in [-0.25, -0.2) is 4.99 Å². The van der Waals surface area contributed by atoms with Gasteiger partial charge in [0.25, 0.3) is 0 Å². The molecule has 21 heavy (non-hydrogen) atoms. The molecular formula is C15H25IN4O. The lowest BCUT2D eigenvalue weighted by atomic mass is 10.3. The number of guanidine groups is 1. The Kier molecular flexibility index (Phi) is 9.32. The van der Waals surface area contributed by atoms with E-state index in [1.165, 1.54) is 12.8 Å². The first kappa shape index (κ1) is 18.2. The van der Waals surface area contributed by atoms with Crippen molar-refractivity contribution >= 4 is 29.9 Å². The van der Waals surface area contributed by atoms with Crippen LogP contribution in [0.15, 0.2) is 29.4 Å². The molecule has 0 amide bonds. The van der Waals surface area contributed by atoms with Crippen LogP contribution in [0.1, 0.15) is 25.5 Å². The van der Waals surface area contributed by atoms with Gasteiger partial charge >= 0.3 is 0 Å². The van der Waals surface area contributed by atoms with Crippen molar-refractivity contribution in [2.24, 2.45) is 10.9 Å². The number of pyridine rings is 1. The Morgan fingerprint density at radius 2 is 2.24 bits per heavy atom. The second-order valence-electron chi connectivity index (χ2n) is 4.96. The molecule has 1 fully saturated rings. The molecule has 0 bridgehead atoms. The standard InChI is InChI=1S/C15H24N4O.HI/c1-2-16-15(18-9-10-20-12-13-6-7-13)19-11-14-5-3-4-8-17-14;/h3-5,8,13H,2,6-7,9-12H2,1H3,(H2,16,18,19);1H. The largest absolute Gasteiger partial charge is 0.379 e. The van der Waals surface area contributed by atoms with Crippen LogP contribution in [-0.2, 0) is 11.3 Å². The van der Waals surface area contributed by atoms with Crippen LogP contribution in [0.2, 0.25) is 0 Å². The minimum atomic E-state index is 0. The predicted molar refractivity (Wildman–Crippen MR) is 96.0 cm³/mol. The van der Waals surface area contributed by atoms with Gasteiger partial charge in [0.1, 0.15) is 0 Å². The molecule has 0 saturated heterocycles. The van der Waals surface area contributed by atoms with Crippen LogP contribution < -0.4 is 10.6 Å². The molecule has 0 spiro atoms. The molecule has 1 aliphatic carbocycles. The second-order valence-corrected chi connectivity index (χ2v) is 4.96. The number of hydrogen-bond acceptors (Lipinski definition) is 3. The predicted octanol–water partition coefficient (Wildman–Crippen LogP) is 2.18. The molecule has 1 heterocycles. The van der Waals surface area contributed by atoms with Gasteiger partial charge in [0.15, 0.2) is 5.96 Å². The third kappa shape index (κ3) is 8.21. The Bertz CT molecular complexity index is 409. The van der Waals surface area contributed by atoms with Crippen LogP contribution in [0.4, 0.5) is 0 Å². The monoisotopic (exact) mass is 404 g/mol. The molecule has 2 N–H and O–H groups in total. The number of halogens is 1. The molecule has 0 radical (unpaired) electrons. The molecule has 5 nitrogen and oxygen atoms in total. The Morgan fingerprint density at radius 3 is 2.90 bits per heavy atom. The smallest absolute Gasteiger partial charge is 0.191 e. The molecule has 0 atom stereocenters. The number of nitrogens with zero attached hydrogens (tertiary/aromatic N) is 2. The van der Waals surface area contributed by atoms with Crippen LogP contribution in [0.25, 0.3) is 0 Å². The van der Waals surface area contributed by atoms with Crippen molar-refractivity contribution in [1.82, 2.24) is 15.6 Å². The third-order valence-corrected chi connectivity index (χ3v) is 3.06. The first-order valence-corrected chi connectivity index (χ1v) is 7.38. The van der Waals surface area contributed by atoms with Crippen molar-refractivity contribution in [3.05, 3.63) is 30.1 Å². The molecule has 6 heteroatoms. The third-order valence-electron chi connectivity index (χ3n) is 3.06. The number of aromatic nitrogens is 1. The fraction of sp³-hybridized carbons (Fsp3) is 0.600. The van der Waals surface area contributed by atoms with E-state index in [1.54, 1.807) is 6.20 Å². The van der Waals surface area contributed by atoms with E-state index in [9.17, 15) is 0 Å². The zero-order chi connectivity index (χ0) is 14.0. The highest BCUT2D eigenvalue weighted by Gasteiger charge is 2.20. The van der Waals surface area contributed by atoms with Gasteiger partial charge < -0.3 is 15.4 Å². The van der Waals surface area contributed by atoms with E-state index in [2.05, 4.69) is 27.5 Å². The Morgan fingerprint density at radius 1 is 1.38 bits per heavy atom. The summed E-state index contributed by atoms with van der Waals surface area (Å²) in [6.45, 7) is 5.90. The highest BCUT2D eigenvalue weighted by Crippen LogP contribution is 2.28. The Hall–Kier alpha value is -0.890. The highest BCUT2D eigenvalue weighted by atomic mass is 127. The van der Waals surface area contributed by atoms with E-state index in [1.807, 2.05) is 18.2 Å². The summed E-state index contributed by atoms with van der Waals surface area (Å²) in [4.78, 5) is 8.76. The molecule has 1 aromatic heterocycles. The summed E-state index contributed by atoms with van der Waals surface area (Å²) in [7, 11) is 0. The Balaban J connectivity index is 0.00000220.